The number of nitrogens with one attached hydrogen (secondary N) is 1. The molecule has 0 spiro atoms. The molecule has 0 aliphatic heterocycles. The predicted octanol–water partition coefficient (Wildman–Crippen LogP) is 2.58. The molecule has 3 rings (SSSR count). The van der Waals surface area contributed by atoms with Crippen molar-refractivity contribution < 1.29 is 9.21 Å². The van der Waals surface area contributed by atoms with Crippen molar-refractivity contribution in [2.45, 2.75) is 44.6 Å². The van der Waals surface area contributed by atoms with E-state index in [-0.39, 0.29) is 17.9 Å². The van der Waals surface area contributed by atoms with Crippen LogP contribution in [0.3, 0.4) is 0 Å². The molecule has 2 aromatic rings. The van der Waals surface area contributed by atoms with Crippen molar-refractivity contribution >= 4 is 5.91 Å². The van der Waals surface area contributed by atoms with Gasteiger partial charge in [0.1, 0.15) is 5.76 Å². The Labute approximate surface area is 136 Å². The molecule has 1 aliphatic rings. The Hall–Kier alpha value is -2.14. The highest BCUT2D eigenvalue weighted by Gasteiger charge is 2.34. The Morgan fingerprint density at radius 2 is 2.00 bits per heavy atom. The number of nitrogens with two attached hydrogens (primary N) is 1. The number of aromatic nitrogens is 1. The van der Waals surface area contributed by atoms with Crippen molar-refractivity contribution in [2.75, 3.05) is 6.54 Å². The van der Waals surface area contributed by atoms with Gasteiger partial charge in [0.05, 0.1) is 17.7 Å². The van der Waals surface area contributed by atoms with Crippen LogP contribution in [0.5, 0.6) is 0 Å². The van der Waals surface area contributed by atoms with Crippen molar-refractivity contribution in [1.29, 1.82) is 0 Å². The van der Waals surface area contributed by atoms with E-state index in [1.54, 1.807) is 0 Å². The molecule has 1 heterocycles. The molecule has 122 valence electrons. The lowest BCUT2D eigenvalue weighted by Crippen LogP contribution is -2.52. The fraction of sp³-hybridized carbons (Fsp3) is 0.444. The minimum atomic E-state index is -0.225. The van der Waals surface area contributed by atoms with Crippen LogP contribution in [0.15, 0.2) is 34.7 Å². The van der Waals surface area contributed by atoms with Crippen molar-refractivity contribution in [3.8, 4) is 11.5 Å². The van der Waals surface area contributed by atoms with Crippen molar-refractivity contribution in [3.05, 3.63) is 41.8 Å². The number of aryl methyl sites for hydroxylation is 1. The number of carbonyl (C=O) groups excluding carboxylic acids is 1. The molecule has 1 aromatic carbocycles. The summed E-state index contributed by atoms with van der Waals surface area (Å²) >= 11 is 0. The number of hydrogen-bond acceptors (Lipinski definition) is 4. The van der Waals surface area contributed by atoms with Crippen molar-refractivity contribution in [1.82, 2.24) is 10.3 Å². The SMILES string of the molecule is Cc1oc(-c2ccccc2)nc1CC(=O)NC1(CN)CCCC1. The van der Waals surface area contributed by atoms with Crippen LogP contribution in [0, 0.1) is 6.92 Å². The van der Waals surface area contributed by atoms with Crippen LogP contribution in [0.2, 0.25) is 0 Å². The topological polar surface area (TPSA) is 81.2 Å². The molecule has 23 heavy (non-hydrogen) atoms. The summed E-state index contributed by atoms with van der Waals surface area (Å²) in [5.74, 6) is 1.21. The van der Waals surface area contributed by atoms with Gasteiger partial charge in [0, 0.05) is 12.1 Å². The first kappa shape index (κ1) is 15.7. The lowest BCUT2D eigenvalue weighted by molar-refractivity contribution is -0.122. The molecule has 1 saturated carbocycles. The van der Waals surface area contributed by atoms with Gasteiger partial charge >= 0.3 is 0 Å². The Morgan fingerprint density at radius 1 is 1.30 bits per heavy atom. The van der Waals surface area contributed by atoms with Gasteiger partial charge in [0.2, 0.25) is 11.8 Å². The van der Waals surface area contributed by atoms with Crippen LogP contribution in [0.4, 0.5) is 0 Å². The zero-order valence-corrected chi connectivity index (χ0v) is 13.5. The summed E-state index contributed by atoms with van der Waals surface area (Å²) < 4.78 is 5.71. The van der Waals surface area contributed by atoms with Gasteiger partial charge in [0.25, 0.3) is 0 Å². The third kappa shape index (κ3) is 3.45. The first-order chi connectivity index (χ1) is 11.1. The van der Waals surface area contributed by atoms with Gasteiger partial charge in [-0.2, -0.15) is 0 Å². The number of benzene rings is 1. The molecule has 1 amide bonds. The summed E-state index contributed by atoms with van der Waals surface area (Å²) in [6, 6.07) is 9.70. The van der Waals surface area contributed by atoms with E-state index in [0.717, 1.165) is 31.2 Å². The van der Waals surface area contributed by atoms with E-state index in [2.05, 4.69) is 10.3 Å². The van der Waals surface area contributed by atoms with Crippen LogP contribution in [-0.2, 0) is 11.2 Å². The highest BCUT2D eigenvalue weighted by atomic mass is 16.4. The fourth-order valence-corrected chi connectivity index (χ4v) is 3.22. The molecule has 0 radical (unpaired) electrons. The summed E-state index contributed by atoms with van der Waals surface area (Å²) in [4.78, 5) is 16.9. The Balaban J connectivity index is 1.70. The molecule has 5 heteroatoms. The molecule has 1 aliphatic carbocycles. The molecular formula is C18H23N3O2. The number of carbonyl (C=O) groups is 1. The van der Waals surface area contributed by atoms with Crippen LogP contribution in [-0.4, -0.2) is 23.0 Å². The van der Waals surface area contributed by atoms with Crippen LogP contribution in [0.25, 0.3) is 11.5 Å². The Morgan fingerprint density at radius 3 is 2.65 bits per heavy atom. The first-order valence-electron chi connectivity index (χ1n) is 8.15. The van der Waals surface area contributed by atoms with Gasteiger partial charge in [-0.1, -0.05) is 31.0 Å². The fourth-order valence-electron chi connectivity index (χ4n) is 3.22. The van der Waals surface area contributed by atoms with E-state index in [4.69, 9.17) is 10.2 Å². The second kappa shape index (κ2) is 6.54. The summed E-state index contributed by atoms with van der Waals surface area (Å²) in [7, 11) is 0. The second-order valence-corrected chi connectivity index (χ2v) is 6.30. The van der Waals surface area contributed by atoms with Gasteiger partial charge in [-0.15, -0.1) is 0 Å². The number of amides is 1. The highest BCUT2D eigenvalue weighted by molar-refractivity contribution is 5.79. The molecule has 0 bridgehead atoms. The summed E-state index contributed by atoms with van der Waals surface area (Å²) in [6.07, 6.45) is 4.39. The summed E-state index contributed by atoms with van der Waals surface area (Å²) in [5, 5.41) is 3.12. The van der Waals surface area contributed by atoms with E-state index in [9.17, 15) is 4.79 Å². The Kier molecular flexibility index (Phi) is 4.48. The largest absolute Gasteiger partial charge is 0.441 e. The zero-order valence-electron chi connectivity index (χ0n) is 13.5. The number of oxazole rings is 1. The van der Waals surface area contributed by atoms with Gasteiger partial charge in [0.15, 0.2) is 0 Å². The van der Waals surface area contributed by atoms with Crippen LogP contribution < -0.4 is 11.1 Å². The van der Waals surface area contributed by atoms with E-state index in [0.29, 0.717) is 23.9 Å². The molecule has 0 unspecified atom stereocenters. The third-order valence-electron chi connectivity index (χ3n) is 4.60. The third-order valence-corrected chi connectivity index (χ3v) is 4.60. The highest BCUT2D eigenvalue weighted by Crippen LogP contribution is 2.29. The normalized spacial score (nSPS) is 16.4. The molecule has 3 N–H and O–H groups in total. The van der Waals surface area contributed by atoms with Crippen LogP contribution >= 0.6 is 0 Å². The average molecular weight is 313 g/mol. The summed E-state index contributed by atoms with van der Waals surface area (Å²) in [5.41, 5.74) is 7.25. The molecule has 1 fully saturated rings. The first-order valence-corrected chi connectivity index (χ1v) is 8.15. The molecular weight excluding hydrogens is 290 g/mol. The molecule has 0 atom stereocenters. The van der Waals surface area contributed by atoms with Gasteiger partial charge in [-0.05, 0) is 31.9 Å². The standard InChI is InChI=1S/C18H23N3O2/c1-13-15(20-17(23-13)14-7-3-2-4-8-14)11-16(22)21-18(12-19)9-5-6-10-18/h2-4,7-8H,5-6,9-12,19H2,1H3,(H,21,22). The zero-order chi connectivity index (χ0) is 16.3. The van der Waals surface area contributed by atoms with Crippen molar-refractivity contribution in [3.63, 3.8) is 0 Å². The molecule has 0 saturated heterocycles. The maximum Gasteiger partial charge on any atom is 0.226 e. The minimum absolute atomic E-state index is 0.0339. The number of rotatable bonds is 5. The second-order valence-electron chi connectivity index (χ2n) is 6.30. The predicted molar refractivity (Wildman–Crippen MR) is 88.8 cm³/mol. The minimum Gasteiger partial charge on any atom is -0.441 e. The van der Waals surface area contributed by atoms with Gasteiger partial charge < -0.3 is 15.5 Å². The van der Waals surface area contributed by atoms with Gasteiger partial charge in [-0.25, -0.2) is 4.98 Å². The van der Waals surface area contributed by atoms with Gasteiger partial charge in [-0.3, -0.25) is 4.79 Å². The summed E-state index contributed by atoms with van der Waals surface area (Å²) in [6.45, 7) is 2.34. The van der Waals surface area contributed by atoms with E-state index in [1.807, 2.05) is 37.3 Å². The van der Waals surface area contributed by atoms with E-state index < -0.39 is 0 Å². The monoisotopic (exact) mass is 313 g/mol. The molecule has 5 nitrogen and oxygen atoms in total. The van der Waals surface area contributed by atoms with E-state index >= 15 is 0 Å². The van der Waals surface area contributed by atoms with Crippen molar-refractivity contribution in [2.24, 2.45) is 5.73 Å². The van der Waals surface area contributed by atoms with Crippen LogP contribution in [0.1, 0.15) is 37.1 Å². The lowest BCUT2D eigenvalue weighted by atomic mass is 9.97. The smallest absolute Gasteiger partial charge is 0.226 e. The quantitative estimate of drug-likeness (QED) is 0.889. The molecule has 1 aromatic heterocycles. The maximum atomic E-state index is 12.4. The lowest BCUT2D eigenvalue weighted by Gasteiger charge is -2.28. The average Bonchev–Trinajstić information content (AvgIpc) is 3.16. The Bertz CT molecular complexity index is 673. The maximum absolute atomic E-state index is 12.4. The van der Waals surface area contributed by atoms with E-state index in [1.165, 1.54) is 0 Å². The number of nitrogens with zero attached hydrogens (tertiary/aromatic N) is 1. The number of hydrogen-bond donors (Lipinski definition) is 2.